The van der Waals surface area contributed by atoms with E-state index in [4.69, 9.17) is 4.98 Å². The number of fused-ring (bicyclic) bond motifs is 2. The minimum atomic E-state index is -3.43. The van der Waals surface area contributed by atoms with E-state index in [1.807, 2.05) is 24.6 Å². The third-order valence-corrected chi connectivity index (χ3v) is 7.02. The van der Waals surface area contributed by atoms with Gasteiger partial charge in [-0.2, -0.15) is 5.10 Å². The first-order valence-corrected chi connectivity index (χ1v) is 13.5. The molecule has 0 radical (unpaired) electrons. The Labute approximate surface area is 216 Å². The summed E-state index contributed by atoms with van der Waals surface area (Å²) < 4.78 is 41.8. The molecular formula is C25H22FN9O2S. The van der Waals surface area contributed by atoms with Crippen LogP contribution < -0.4 is 4.72 Å². The van der Waals surface area contributed by atoms with Crippen molar-refractivity contribution in [3.8, 4) is 34.0 Å². The molecule has 0 bridgehead atoms. The molecule has 11 nitrogen and oxygen atoms in total. The summed E-state index contributed by atoms with van der Waals surface area (Å²) in [5, 5.41) is 8.30. The van der Waals surface area contributed by atoms with Crippen LogP contribution in [0.1, 0.15) is 11.4 Å². The van der Waals surface area contributed by atoms with Crippen LogP contribution in [0.25, 0.3) is 56.0 Å². The first-order chi connectivity index (χ1) is 18.2. The number of nitrogens with zero attached hydrogens (tertiary/aromatic N) is 6. The third-order valence-electron chi connectivity index (χ3n) is 6.36. The summed E-state index contributed by atoms with van der Waals surface area (Å²) in [5.74, 6) is 0.887. The van der Waals surface area contributed by atoms with Crippen LogP contribution in [0, 0.1) is 12.7 Å². The lowest BCUT2D eigenvalue weighted by Gasteiger charge is -2.07. The zero-order chi connectivity index (χ0) is 26.6. The fourth-order valence-corrected chi connectivity index (χ4v) is 4.78. The molecule has 13 heteroatoms. The summed E-state index contributed by atoms with van der Waals surface area (Å²) in [6.45, 7) is 1.89. The molecule has 0 spiro atoms. The second-order valence-electron chi connectivity index (χ2n) is 9.05. The van der Waals surface area contributed by atoms with E-state index < -0.39 is 15.8 Å². The predicted molar refractivity (Wildman–Crippen MR) is 141 cm³/mol. The number of aromatic nitrogens is 8. The van der Waals surface area contributed by atoms with Gasteiger partial charge in [0.15, 0.2) is 5.82 Å². The maximum Gasteiger partial charge on any atom is 0.209 e. The number of nitrogens with one attached hydrogen (secondary N) is 3. The van der Waals surface area contributed by atoms with Crippen molar-refractivity contribution < 1.29 is 12.8 Å². The Morgan fingerprint density at radius 3 is 2.66 bits per heavy atom. The fraction of sp³-hybridized carbons (Fsp3) is 0.160. The highest BCUT2D eigenvalue weighted by atomic mass is 32.2. The standard InChI is InChI=1S/C25H22FN9O2S/c1-13-28-12-22(35(13)2)19-7-17-20(11-29-19)33-34-24(17)25-31-21-10-27-9-18(23(21)32-25)15-4-14(5-16(26)6-15)8-30-38(3,36)37/h4-7,9-12,30H,8H2,1-3H3,(H,31,32)(H,33,34). The van der Waals surface area contributed by atoms with Crippen molar-refractivity contribution in [1.82, 2.24) is 44.4 Å². The summed E-state index contributed by atoms with van der Waals surface area (Å²) >= 11 is 0. The number of rotatable bonds is 6. The minimum Gasteiger partial charge on any atom is -0.335 e. The quantitative estimate of drug-likeness (QED) is 0.298. The lowest BCUT2D eigenvalue weighted by atomic mass is 10.0. The highest BCUT2D eigenvalue weighted by molar-refractivity contribution is 7.88. The molecule has 0 unspecified atom stereocenters. The van der Waals surface area contributed by atoms with Crippen LogP contribution in [0.15, 0.2) is 49.1 Å². The highest BCUT2D eigenvalue weighted by Crippen LogP contribution is 2.32. The summed E-state index contributed by atoms with van der Waals surface area (Å²) in [4.78, 5) is 21.3. The molecule has 5 heterocycles. The first-order valence-electron chi connectivity index (χ1n) is 11.6. The van der Waals surface area contributed by atoms with Crippen LogP contribution in [0.4, 0.5) is 4.39 Å². The van der Waals surface area contributed by atoms with Gasteiger partial charge in [-0.05, 0) is 42.3 Å². The maximum absolute atomic E-state index is 14.5. The SMILES string of the molecule is Cc1ncc(-c2cc3c(-c4nc5c(-c6cc(F)cc(CNS(C)(=O)=O)c6)cncc5[nH]4)n[nH]c3cn2)n1C. The van der Waals surface area contributed by atoms with Crippen molar-refractivity contribution in [2.75, 3.05) is 6.26 Å². The van der Waals surface area contributed by atoms with Gasteiger partial charge in [0.1, 0.15) is 17.3 Å². The molecule has 0 amide bonds. The van der Waals surface area contributed by atoms with Crippen molar-refractivity contribution in [1.29, 1.82) is 0 Å². The number of H-pyrrole nitrogens is 2. The molecule has 0 aliphatic carbocycles. The van der Waals surface area contributed by atoms with E-state index in [0.29, 0.717) is 39.2 Å². The number of imidazole rings is 2. The average molecular weight is 532 g/mol. The molecule has 192 valence electrons. The van der Waals surface area contributed by atoms with E-state index in [9.17, 15) is 12.8 Å². The normalized spacial score (nSPS) is 12.1. The molecule has 0 fully saturated rings. The van der Waals surface area contributed by atoms with Crippen molar-refractivity contribution in [3.05, 3.63) is 66.3 Å². The van der Waals surface area contributed by atoms with Crippen LogP contribution in [-0.4, -0.2) is 54.4 Å². The summed E-state index contributed by atoms with van der Waals surface area (Å²) in [6.07, 6.45) is 7.80. The molecule has 0 saturated carbocycles. The second-order valence-corrected chi connectivity index (χ2v) is 10.9. The number of hydrogen-bond donors (Lipinski definition) is 3. The van der Waals surface area contributed by atoms with Gasteiger partial charge in [0.25, 0.3) is 0 Å². The van der Waals surface area contributed by atoms with Crippen LogP contribution in [0.2, 0.25) is 0 Å². The van der Waals surface area contributed by atoms with Gasteiger partial charge in [-0.1, -0.05) is 0 Å². The Hall–Kier alpha value is -4.49. The molecule has 6 aromatic rings. The number of hydrogen-bond acceptors (Lipinski definition) is 7. The smallest absolute Gasteiger partial charge is 0.209 e. The van der Waals surface area contributed by atoms with Crippen molar-refractivity contribution in [3.63, 3.8) is 0 Å². The van der Waals surface area contributed by atoms with Crippen LogP contribution >= 0.6 is 0 Å². The Kier molecular flexibility index (Phi) is 5.54. The van der Waals surface area contributed by atoms with E-state index in [1.54, 1.807) is 30.9 Å². The van der Waals surface area contributed by atoms with E-state index >= 15 is 0 Å². The molecular weight excluding hydrogens is 509 g/mol. The van der Waals surface area contributed by atoms with Gasteiger partial charge in [-0.25, -0.2) is 27.5 Å². The van der Waals surface area contributed by atoms with Gasteiger partial charge in [0.05, 0.1) is 52.8 Å². The number of halogens is 1. The van der Waals surface area contributed by atoms with E-state index in [2.05, 4.69) is 34.9 Å². The number of aromatic amines is 2. The number of aryl methyl sites for hydroxylation is 1. The maximum atomic E-state index is 14.5. The van der Waals surface area contributed by atoms with Gasteiger partial charge in [0.2, 0.25) is 10.0 Å². The van der Waals surface area contributed by atoms with Crippen LogP contribution in [0.3, 0.4) is 0 Å². The monoisotopic (exact) mass is 531 g/mol. The molecule has 0 aliphatic rings. The van der Waals surface area contributed by atoms with Gasteiger partial charge < -0.3 is 9.55 Å². The van der Waals surface area contributed by atoms with E-state index in [-0.39, 0.29) is 6.54 Å². The summed E-state index contributed by atoms with van der Waals surface area (Å²) in [6, 6.07) is 6.30. The van der Waals surface area contributed by atoms with E-state index in [0.717, 1.165) is 34.4 Å². The Bertz CT molecular complexity index is 1960. The number of benzene rings is 1. The lowest BCUT2D eigenvalue weighted by molar-refractivity contribution is 0.586. The van der Waals surface area contributed by atoms with Crippen LogP contribution in [-0.2, 0) is 23.6 Å². The van der Waals surface area contributed by atoms with Crippen molar-refractivity contribution in [2.45, 2.75) is 13.5 Å². The van der Waals surface area contributed by atoms with Crippen molar-refractivity contribution in [2.24, 2.45) is 7.05 Å². The van der Waals surface area contributed by atoms with Gasteiger partial charge >= 0.3 is 0 Å². The first kappa shape index (κ1) is 23.9. The molecule has 0 saturated heterocycles. The number of pyridine rings is 2. The molecule has 3 N–H and O–H groups in total. The molecule has 0 aliphatic heterocycles. The second kappa shape index (κ2) is 8.82. The van der Waals surface area contributed by atoms with Crippen molar-refractivity contribution >= 4 is 32.0 Å². The predicted octanol–water partition coefficient (Wildman–Crippen LogP) is 3.46. The summed E-state index contributed by atoms with van der Waals surface area (Å²) in [5.41, 5.74) is 5.78. The van der Waals surface area contributed by atoms with Gasteiger partial charge in [-0.3, -0.25) is 15.1 Å². The van der Waals surface area contributed by atoms with Crippen LogP contribution in [0.5, 0.6) is 0 Å². The summed E-state index contributed by atoms with van der Waals surface area (Å²) in [7, 11) is -1.50. The van der Waals surface area contributed by atoms with E-state index in [1.165, 1.54) is 12.1 Å². The third kappa shape index (κ3) is 4.31. The molecule has 0 atom stereocenters. The molecule has 1 aromatic carbocycles. The Morgan fingerprint density at radius 2 is 1.89 bits per heavy atom. The topological polar surface area (TPSA) is 147 Å². The fourth-order valence-electron chi connectivity index (χ4n) is 4.36. The Balaban J connectivity index is 1.44. The lowest BCUT2D eigenvalue weighted by Crippen LogP contribution is -2.21. The minimum absolute atomic E-state index is 0.0371. The van der Waals surface area contributed by atoms with Gasteiger partial charge in [-0.15, -0.1) is 0 Å². The van der Waals surface area contributed by atoms with Gasteiger partial charge in [0, 0.05) is 30.7 Å². The largest absolute Gasteiger partial charge is 0.335 e. The highest BCUT2D eigenvalue weighted by Gasteiger charge is 2.18. The average Bonchev–Trinajstić information content (AvgIpc) is 3.58. The molecule has 38 heavy (non-hydrogen) atoms. The Morgan fingerprint density at radius 1 is 1.05 bits per heavy atom. The molecule has 5 aromatic heterocycles. The zero-order valence-corrected chi connectivity index (χ0v) is 21.4. The number of sulfonamides is 1. The molecule has 6 rings (SSSR count). The zero-order valence-electron chi connectivity index (χ0n) is 20.6.